The Hall–Kier alpha value is -1.61. The zero-order valence-electron chi connectivity index (χ0n) is 13.2. The minimum atomic E-state index is -4.53. The molecule has 2 atom stereocenters. The number of anilines is 2. The van der Waals surface area contributed by atoms with E-state index in [9.17, 15) is 13.2 Å². The summed E-state index contributed by atoms with van der Waals surface area (Å²) in [6.45, 7) is 2.27. The monoisotopic (exact) mass is 346 g/mol. The molecule has 2 aliphatic rings. The van der Waals surface area contributed by atoms with Crippen molar-refractivity contribution in [3.05, 3.63) is 11.8 Å². The first kappa shape index (κ1) is 17.2. The highest BCUT2D eigenvalue weighted by atomic mass is 19.4. The molecule has 0 radical (unpaired) electrons. The number of alkyl halides is 3. The van der Waals surface area contributed by atoms with Crippen LogP contribution in [0.2, 0.25) is 0 Å². The van der Waals surface area contributed by atoms with Gasteiger partial charge < -0.3 is 20.1 Å². The van der Waals surface area contributed by atoms with Gasteiger partial charge in [0.05, 0.1) is 25.3 Å². The molecular formula is C15H21F3N4O2. The number of hydrogen-bond donors (Lipinski definition) is 2. The Balaban J connectivity index is 1.77. The first-order valence-electron chi connectivity index (χ1n) is 8.15. The van der Waals surface area contributed by atoms with E-state index < -0.39 is 11.9 Å². The number of rotatable bonds is 4. The molecule has 3 heterocycles. The van der Waals surface area contributed by atoms with Crippen molar-refractivity contribution in [2.75, 3.05) is 37.1 Å². The van der Waals surface area contributed by atoms with Crippen LogP contribution in [0.5, 0.6) is 0 Å². The van der Waals surface area contributed by atoms with Crippen LogP contribution in [0, 0.1) is 0 Å². The number of nitrogens with one attached hydrogen (secondary N) is 2. The lowest BCUT2D eigenvalue weighted by atomic mass is 10.1. The van der Waals surface area contributed by atoms with E-state index in [1.807, 2.05) is 0 Å². The maximum atomic E-state index is 13.1. The number of ether oxygens (including phenoxy) is 2. The molecule has 2 saturated heterocycles. The lowest BCUT2D eigenvalue weighted by Crippen LogP contribution is -2.32. The first-order chi connectivity index (χ1) is 11.5. The smallest absolute Gasteiger partial charge is 0.379 e. The van der Waals surface area contributed by atoms with Crippen LogP contribution in [0.4, 0.5) is 24.9 Å². The van der Waals surface area contributed by atoms with Crippen molar-refractivity contribution < 1.29 is 22.6 Å². The minimum Gasteiger partial charge on any atom is -0.379 e. The number of aromatic nitrogens is 2. The highest BCUT2D eigenvalue weighted by molar-refractivity contribution is 5.44. The van der Waals surface area contributed by atoms with Gasteiger partial charge in [0, 0.05) is 19.3 Å². The molecule has 2 unspecified atom stereocenters. The second kappa shape index (κ2) is 7.52. The summed E-state index contributed by atoms with van der Waals surface area (Å²) in [6, 6.07) is 0.825. The van der Waals surface area contributed by atoms with Crippen molar-refractivity contribution in [1.82, 2.24) is 9.97 Å². The second-order valence-corrected chi connectivity index (χ2v) is 6.08. The third-order valence-electron chi connectivity index (χ3n) is 4.02. The van der Waals surface area contributed by atoms with Gasteiger partial charge in [-0.1, -0.05) is 0 Å². The van der Waals surface area contributed by atoms with Gasteiger partial charge in [-0.25, -0.2) is 4.98 Å². The SMILES string of the molecule is FC(F)(F)c1cc(NC2CCCOC2)nc(NC2CCCOC2)n1. The van der Waals surface area contributed by atoms with Gasteiger partial charge >= 0.3 is 6.18 Å². The predicted octanol–water partition coefficient (Wildman–Crippen LogP) is 2.68. The molecule has 3 rings (SSSR count). The Kier molecular flexibility index (Phi) is 5.40. The quantitative estimate of drug-likeness (QED) is 0.874. The average molecular weight is 346 g/mol. The van der Waals surface area contributed by atoms with Crippen LogP contribution in [0.3, 0.4) is 0 Å². The summed E-state index contributed by atoms with van der Waals surface area (Å²) in [6.07, 6.45) is -1.13. The summed E-state index contributed by atoms with van der Waals surface area (Å²) >= 11 is 0. The number of nitrogens with zero attached hydrogens (tertiary/aromatic N) is 2. The van der Waals surface area contributed by atoms with Gasteiger partial charge in [-0.05, 0) is 25.7 Å². The average Bonchev–Trinajstić information content (AvgIpc) is 2.56. The molecule has 2 aliphatic heterocycles. The van der Waals surface area contributed by atoms with Gasteiger partial charge in [0.1, 0.15) is 5.82 Å². The molecule has 1 aromatic rings. The summed E-state index contributed by atoms with van der Waals surface area (Å²) in [4.78, 5) is 7.81. The van der Waals surface area contributed by atoms with E-state index in [0.717, 1.165) is 31.7 Å². The van der Waals surface area contributed by atoms with Crippen molar-refractivity contribution in [3.63, 3.8) is 0 Å². The Morgan fingerprint density at radius 2 is 1.58 bits per heavy atom. The van der Waals surface area contributed by atoms with Crippen LogP contribution in [-0.2, 0) is 15.7 Å². The fourth-order valence-corrected chi connectivity index (χ4v) is 2.83. The molecule has 1 aromatic heterocycles. The zero-order valence-corrected chi connectivity index (χ0v) is 13.2. The molecule has 2 N–H and O–H groups in total. The summed E-state index contributed by atoms with van der Waals surface area (Å²) in [7, 11) is 0. The Morgan fingerprint density at radius 1 is 0.958 bits per heavy atom. The van der Waals surface area contributed by atoms with E-state index in [1.165, 1.54) is 0 Å². The molecule has 9 heteroatoms. The normalized spacial score (nSPS) is 25.3. The molecule has 0 saturated carbocycles. The van der Waals surface area contributed by atoms with E-state index in [0.29, 0.717) is 26.4 Å². The highest BCUT2D eigenvalue weighted by Crippen LogP contribution is 2.30. The molecule has 0 amide bonds. The largest absolute Gasteiger partial charge is 0.433 e. The Morgan fingerprint density at radius 3 is 2.12 bits per heavy atom. The topological polar surface area (TPSA) is 68.3 Å². The van der Waals surface area contributed by atoms with Gasteiger partial charge in [0.15, 0.2) is 5.69 Å². The number of halogens is 3. The molecular weight excluding hydrogens is 325 g/mol. The van der Waals surface area contributed by atoms with Crippen LogP contribution >= 0.6 is 0 Å². The van der Waals surface area contributed by atoms with Gasteiger partial charge in [-0.3, -0.25) is 0 Å². The first-order valence-corrected chi connectivity index (χ1v) is 8.15. The van der Waals surface area contributed by atoms with Crippen LogP contribution in [-0.4, -0.2) is 48.5 Å². The van der Waals surface area contributed by atoms with Crippen molar-refractivity contribution in [2.45, 2.75) is 43.9 Å². The minimum absolute atomic E-state index is 0.0282. The van der Waals surface area contributed by atoms with Crippen molar-refractivity contribution in [1.29, 1.82) is 0 Å². The van der Waals surface area contributed by atoms with Gasteiger partial charge in [-0.2, -0.15) is 18.2 Å². The molecule has 0 aromatic carbocycles. The summed E-state index contributed by atoms with van der Waals surface area (Å²) in [5, 5.41) is 5.98. The zero-order chi connectivity index (χ0) is 17.0. The molecule has 0 bridgehead atoms. The van der Waals surface area contributed by atoms with Crippen molar-refractivity contribution in [3.8, 4) is 0 Å². The summed E-state index contributed by atoms with van der Waals surface area (Å²) in [5.41, 5.74) is -0.962. The fraction of sp³-hybridized carbons (Fsp3) is 0.733. The van der Waals surface area contributed by atoms with Crippen LogP contribution in [0.1, 0.15) is 31.4 Å². The molecule has 6 nitrogen and oxygen atoms in total. The molecule has 134 valence electrons. The molecule has 0 aliphatic carbocycles. The Bertz CT molecular complexity index is 506. The van der Waals surface area contributed by atoms with Crippen LogP contribution in [0.15, 0.2) is 6.07 Å². The van der Waals surface area contributed by atoms with E-state index >= 15 is 0 Å². The summed E-state index contributed by atoms with van der Waals surface area (Å²) in [5.74, 6) is 0.131. The second-order valence-electron chi connectivity index (χ2n) is 6.08. The van der Waals surface area contributed by atoms with Crippen LogP contribution < -0.4 is 10.6 Å². The lowest BCUT2D eigenvalue weighted by Gasteiger charge is -2.25. The van der Waals surface area contributed by atoms with E-state index in [1.54, 1.807) is 0 Å². The fourth-order valence-electron chi connectivity index (χ4n) is 2.83. The molecule has 24 heavy (non-hydrogen) atoms. The van der Waals surface area contributed by atoms with Gasteiger partial charge in [0.25, 0.3) is 0 Å². The molecule has 2 fully saturated rings. The number of hydrogen-bond acceptors (Lipinski definition) is 6. The third-order valence-corrected chi connectivity index (χ3v) is 4.02. The van der Waals surface area contributed by atoms with Crippen molar-refractivity contribution >= 4 is 11.8 Å². The maximum absolute atomic E-state index is 13.1. The third kappa shape index (κ3) is 4.70. The molecule has 0 spiro atoms. The summed E-state index contributed by atoms with van der Waals surface area (Å²) < 4.78 is 50.0. The van der Waals surface area contributed by atoms with E-state index in [2.05, 4.69) is 20.6 Å². The predicted molar refractivity (Wildman–Crippen MR) is 82.0 cm³/mol. The highest BCUT2D eigenvalue weighted by Gasteiger charge is 2.34. The van der Waals surface area contributed by atoms with Crippen molar-refractivity contribution in [2.24, 2.45) is 0 Å². The van der Waals surface area contributed by atoms with Gasteiger partial charge in [-0.15, -0.1) is 0 Å². The van der Waals surface area contributed by atoms with Crippen LogP contribution in [0.25, 0.3) is 0 Å². The van der Waals surface area contributed by atoms with E-state index in [4.69, 9.17) is 9.47 Å². The maximum Gasteiger partial charge on any atom is 0.433 e. The standard InChI is InChI=1S/C15H21F3N4O2/c16-15(17,18)12-7-13(19-10-3-1-5-23-8-10)22-14(21-12)20-11-4-2-6-24-9-11/h7,10-11H,1-6,8-9H2,(H2,19,20,21,22). The Labute approximate surface area is 138 Å². The van der Waals surface area contributed by atoms with E-state index in [-0.39, 0.29) is 23.8 Å². The van der Waals surface area contributed by atoms with Gasteiger partial charge in [0.2, 0.25) is 5.95 Å². The lowest BCUT2D eigenvalue weighted by molar-refractivity contribution is -0.141.